The van der Waals surface area contributed by atoms with E-state index in [0.717, 1.165) is 45.2 Å². The van der Waals surface area contributed by atoms with Crippen molar-refractivity contribution in [3.05, 3.63) is 74.9 Å². The Bertz CT molecular complexity index is 1920. The van der Waals surface area contributed by atoms with Gasteiger partial charge in [0.05, 0.1) is 22.6 Å². The molecule has 12 heteroatoms. The lowest BCUT2D eigenvalue weighted by Crippen LogP contribution is -2.28. The van der Waals surface area contributed by atoms with Gasteiger partial charge in [-0.2, -0.15) is 0 Å². The average Bonchev–Trinajstić information content (AvgIpc) is 3.80. The third-order valence-electron chi connectivity index (χ3n) is 7.52. The summed E-state index contributed by atoms with van der Waals surface area (Å²) < 4.78 is 5.77. The summed E-state index contributed by atoms with van der Waals surface area (Å²) in [4.78, 5) is 58.8. The van der Waals surface area contributed by atoms with Crippen LogP contribution in [0.3, 0.4) is 0 Å². The third kappa shape index (κ3) is 5.96. The molecule has 3 amide bonds. The van der Waals surface area contributed by atoms with E-state index in [0.29, 0.717) is 46.2 Å². The number of nitrogens with zero attached hydrogens (tertiary/aromatic N) is 2. The number of methoxy groups -OCH3 is 1. The highest BCUT2D eigenvalue weighted by molar-refractivity contribution is 7.21. The molecule has 226 valence electrons. The summed E-state index contributed by atoms with van der Waals surface area (Å²) in [5.41, 5.74) is 4.25. The van der Waals surface area contributed by atoms with Crippen LogP contribution < -0.4 is 15.5 Å². The van der Waals surface area contributed by atoms with Crippen LogP contribution in [0.4, 0.5) is 17.1 Å². The smallest absolute Gasteiger partial charge is 0.354 e. The number of aromatic amines is 1. The van der Waals surface area contributed by atoms with E-state index in [2.05, 4.69) is 15.6 Å². The Morgan fingerprint density at radius 1 is 1.00 bits per heavy atom. The van der Waals surface area contributed by atoms with Crippen LogP contribution in [0.15, 0.2) is 53.9 Å². The molecule has 6 rings (SSSR count). The highest BCUT2D eigenvalue weighted by atomic mass is 32.1. The van der Waals surface area contributed by atoms with E-state index in [1.165, 1.54) is 29.8 Å². The van der Waals surface area contributed by atoms with Crippen molar-refractivity contribution >= 4 is 84.4 Å². The number of aromatic nitrogens is 1. The molecule has 1 aliphatic heterocycles. The van der Waals surface area contributed by atoms with Crippen LogP contribution in [0.1, 0.15) is 48.2 Å². The Hall–Kier alpha value is -4.52. The van der Waals surface area contributed by atoms with Crippen LogP contribution in [0.2, 0.25) is 0 Å². The van der Waals surface area contributed by atoms with E-state index in [1.807, 2.05) is 55.4 Å². The maximum Gasteiger partial charge on any atom is 0.354 e. The van der Waals surface area contributed by atoms with Gasteiger partial charge in [0.25, 0.3) is 11.8 Å². The Labute approximate surface area is 261 Å². The number of thiophene rings is 2. The lowest BCUT2D eigenvalue weighted by atomic mass is 10.1. The molecule has 4 heterocycles. The topological polar surface area (TPSA) is 124 Å². The largest absolute Gasteiger partial charge is 0.464 e. The molecule has 0 fully saturated rings. The standard InChI is InChI=1S/C32H31N5O5S2/c1-36(2)11-4-5-29(38)33-19-6-9-26-18(13-19)14-27(44-26)30(39)34-20-15-28(43-17-20)31(40)37-12-10-21-22-16-24(32(41)42-3)35-23(22)7-8-25(21)37/h6-9,13-17,35H,4-5,10-12H2,1-3H3,(H,33,38)(H,34,39). The first-order chi connectivity index (χ1) is 21.2. The van der Waals surface area contributed by atoms with Gasteiger partial charge in [-0.1, -0.05) is 0 Å². The second kappa shape index (κ2) is 12.2. The molecule has 0 saturated carbocycles. The minimum atomic E-state index is -0.440. The summed E-state index contributed by atoms with van der Waals surface area (Å²) in [7, 11) is 5.30. The summed E-state index contributed by atoms with van der Waals surface area (Å²) in [6.45, 7) is 1.37. The SMILES string of the molecule is COC(=O)c1cc2c3c(ccc2[nH]1)N(C(=O)c1cc(NC(=O)c2cc4cc(NC(=O)CCCN(C)C)ccc4s2)cs1)CC3. The fourth-order valence-electron chi connectivity index (χ4n) is 5.40. The number of anilines is 3. The molecule has 10 nitrogen and oxygen atoms in total. The number of fused-ring (bicyclic) bond motifs is 4. The van der Waals surface area contributed by atoms with Crippen molar-refractivity contribution in [2.75, 3.05) is 49.8 Å². The number of amides is 3. The Kier molecular flexibility index (Phi) is 8.21. The van der Waals surface area contributed by atoms with Crippen LogP contribution in [0, 0.1) is 0 Å². The fraction of sp³-hybridized carbons (Fsp3) is 0.250. The number of ether oxygens (including phenoxy) is 1. The number of hydrogen-bond donors (Lipinski definition) is 3. The monoisotopic (exact) mass is 629 g/mol. The molecule has 0 spiro atoms. The van der Waals surface area contributed by atoms with Gasteiger partial charge in [-0.05, 0) is 93.0 Å². The molecule has 2 aromatic carbocycles. The van der Waals surface area contributed by atoms with Crippen LogP contribution in [-0.4, -0.2) is 67.9 Å². The highest BCUT2D eigenvalue weighted by Crippen LogP contribution is 2.37. The zero-order valence-corrected chi connectivity index (χ0v) is 26.1. The van der Waals surface area contributed by atoms with Gasteiger partial charge in [0.2, 0.25) is 5.91 Å². The fourth-order valence-corrected chi connectivity index (χ4v) is 7.12. The first kappa shape index (κ1) is 29.5. The maximum absolute atomic E-state index is 13.5. The van der Waals surface area contributed by atoms with E-state index < -0.39 is 5.97 Å². The average molecular weight is 630 g/mol. The molecule has 0 radical (unpaired) electrons. The minimum Gasteiger partial charge on any atom is -0.464 e. The van der Waals surface area contributed by atoms with E-state index >= 15 is 0 Å². The van der Waals surface area contributed by atoms with Crippen LogP contribution in [-0.2, 0) is 16.0 Å². The molecule has 0 atom stereocenters. The van der Waals surface area contributed by atoms with Gasteiger partial charge in [-0.25, -0.2) is 4.79 Å². The van der Waals surface area contributed by atoms with Gasteiger partial charge in [-0.15, -0.1) is 22.7 Å². The number of esters is 1. The first-order valence-electron chi connectivity index (χ1n) is 14.1. The number of carbonyl (C=O) groups is 4. The van der Waals surface area contributed by atoms with Crippen molar-refractivity contribution in [3.63, 3.8) is 0 Å². The van der Waals surface area contributed by atoms with Crippen LogP contribution >= 0.6 is 22.7 Å². The molecule has 0 bridgehead atoms. The second-order valence-electron chi connectivity index (χ2n) is 10.9. The zero-order valence-electron chi connectivity index (χ0n) is 24.5. The van der Waals surface area contributed by atoms with E-state index in [9.17, 15) is 19.2 Å². The Morgan fingerprint density at radius 2 is 1.84 bits per heavy atom. The summed E-state index contributed by atoms with van der Waals surface area (Å²) in [6.07, 6.45) is 1.89. The molecule has 0 unspecified atom stereocenters. The van der Waals surface area contributed by atoms with E-state index in [-0.39, 0.29) is 17.7 Å². The molecule has 0 aliphatic carbocycles. The minimum absolute atomic E-state index is 0.0370. The molecule has 1 aliphatic rings. The van der Waals surface area contributed by atoms with Crippen molar-refractivity contribution < 1.29 is 23.9 Å². The quantitative estimate of drug-likeness (QED) is 0.173. The molecule has 3 aromatic heterocycles. The maximum atomic E-state index is 13.5. The van der Waals surface area contributed by atoms with Crippen molar-refractivity contribution in [3.8, 4) is 0 Å². The molecule has 0 saturated heterocycles. The molecule has 3 N–H and O–H groups in total. The number of carbonyl (C=O) groups excluding carboxylic acids is 4. The second-order valence-corrected chi connectivity index (χ2v) is 12.9. The Morgan fingerprint density at radius 3 is 2.64 bits per heavy atom. The number of H-pyrrole nitrogens is 1. The van der Waals surface area contributed by atoms with Gasteiger partial charge in [0.15, 0.2) is 0 Å². The summed E-state index contributed by atoms with van der Waals surface area (Å²) in [5.74, 6) is -0.884. The van der Waals surface area contributed by atoms with Crippen molar-refractivity contribution in [2.45, 2.75) is 19.3 Å². The number of nitrogens with one attached hydrogen (secondary N) is 3. The molecule has 5 aromatic rings. The van der Waals surface area contributed by atoms with Gasteiger partial charge in [0.1, 0.15) is 5.69 Å². The normalized spacial score (nSPS) is 12.6. The van der Waals surface area contributed by atoms with Gasteiger partial charge in [0, 0.05) is 45.3 Å². The predicted molar refractivity (Wildman–Crippen MR) is 176 cm³/mol. The van der Waals surface area contributed by atoms with Crippen LogP contribution in [0.5, 0.6) is 0 Å². The van der Waals surface area contributed by atoms with E-state index in [1.54, 1.807) is 22.4 Å². The predicted octanol–water partition coefficient (Wildman–Crippen LogP) is 5.97. The van der Waals surface area contributed by atoms with Crippen molar-refractivity contribution in [1.82, 2.24) is 9.88 Å². The lowest BCUT2D eigenvalue weighted by Gasteiger charge is -2.16. The lowest BCUT2D eigenvalue weighted by molar-refractivity contribution is -0.116. The summed E-state index contributed by atoms with van der Waals surface area (Å²) in [5, 5.41) is 9.38. The highest BCUT2D eigenvalue weighted by Gasteiger charge is 2.29. The first-order valence-corrected chi connectivity index (χ1v) is 15.8. The van der Waals surface area contributed by atoms with Crippen LogP contribution in [0.25, 0.3) is 21.0 Å². The summed E-state index contributed by atoms with van der Waals surface area (Å²) in [6, 6.07) is 14.6. The van der Waals surface area contributed by atoms with E-state index in [4.69, 9.17) is 4.74 Å². The molecular formula is C32H31N5O5S2. The molecular weight excluding hydrogens is 599 g/mol. The van der Waals surface area contributed by atoms with Gasteiger partial charge in [-0.3, -0.25) is 14.4 Å². The zero-order chi connectivity index (χ0) is 31.0. The van der Waals surface area contributed by atoms with Crippen molar-refractivity contribution in [1.29, 1.82) is 0 Å². The number of hydrogen-bond acceptors (Lipinski definition) is 8. The summed E-state index contributed by atoms with van der Waals surface area (Å²) >= 11 is 2.65. The molecule has 44 heavy (non-hydrogen) atoms. The van der Waals surface area contributed by atoms with Crippen molar-refractivity contribution in [2.24, 2.45) is 0 Å². The number of rotatable bonds is 9. The van der Waals surface area contributed by atoms with Gasteiger partial charge < -0.3 is 30.2 Å². The Balaban J connectivity index is 1.11. The van der Waals surface area contributed by atoms with Gasteiger partial charge >= 0.3 is 5.97 Å². The third-order valence-corrected chi connectivity index (χ3v) is 9.55. The number of benzene rings is 2.